The number of para-hydroxylation sites is 1. The molecule has 4 rings (SSSR count). The molecule has 0 unspecified atom stereocenters. The van der Waals surface area contributed by atoms with Gasteiger partial charge in [0.1, 0.15) is 11.4 Å². The van der Waals surface area contributed by atoms with Gasteiger partial charge >= 0.3 is 0 Å². The molecule has 2 aliphatic heterocycles. The van der Waals surface area contributed by atoms with Crippen LogP contribution in [-0.4, -0.2) is 68.1 Å². The first-order chi connectivity index (χ1) is 15.5. The standard InChI is InChI=1S/C24H26ClN3O4/c1-16-7-8-17(25)15-19(16)26-22-21(18-5-3-4-6-20(18)31-2)23(29)28(24(22)30)10-9-27-11-13-32-14-12-27/h3-8,15,26H,9-14H2,1-2H3. The highest BCUT2D eigenvalue weighted by Gasteiger charge is 2.40. The number of rotatable bonds is 7. The van der Waals surface area contributed by atoms with Gasteiger partial charge in [-0.2, -0.15) is 0 Å². The first-order valence-electron chi connectivity index (χ1n) is 10.6. The Balaban J connectivity index is 1.69. The molecule has 168 valence electrons. The summed E-state index contributed by atoms with van der Waals surface area (Å²) in [4.78, 5) is 30.4. The molecular formula is C24H26ClN3O4. The highest BCUT2D eigenvalue weighted by molar-refractivity contribution is 6.37. The van der Waals surface area contributed by atoms with E-state index in [0.717, 1.165) is 18.7 Å². The molecule has 0 aromatic heterocycles. The number of aryl methyl sites for hydroxylation is 1. The third-order valence-electron chi connectivity index (χ3n) is 5.75. The highest BCUT2D eigenvalue weighted by atomic mass is 35.5. The van der Waals surface area contributed by atoms with Gasteiger partial charge in [-0.25, -0.2) is 0 Å². The summed E-state index contributed by atoms with van der Waals surface area (Å²) in [5, 5.41) is 3.73. The number of nitrogens with one attached hydrogen (secondary N) is 1. The van der Waals surface area contributed by atoms with Crippen molar-refractivity contribution in [3.63, 3.8) is 0 Å². The van der Waals surface area contributed by atoms with E-state index < -0.39 is 0 Å². The Bertz CT molecular complexity index is 1060. The van der Waals surface area contributed by atoms with Gasteiger partial charge in [-0.1, -0.05) is 35.9 Å². The van der Waals surface area contributed by atoms with Gasteiger partial charge in [-0.3, -0.25) is 19.4 Å². The predicted molar refractivity (Wildman–Crippen MR) is 124 cm³/mol. The summed E-state index contributed by atoms with van der Waals surface area (Å²) in [6, 6.07) is 12.6. The number of halogens is 1. The molecule has 8 heteroatoms. The number of imide groups is 1. The van der Waals surface area contributed by atoms with Crippen molar-refractivity contribution >= 4 is 34.7 Å². The topological polar surface area (TPSA) is 71.1 Å². The van der Waals surface area contributed by atoms with Gasteiger partial charge in [0.25, 0.3) is 11.8 Å². The van der Waals surface area contributed by atoms with Crippen LogP contribution in [0.2, 0.25) is 5.02 Å². The second kappa shape index (κ2) is 9.73. The minimum atomic E-state index is -0.358. The van der Waals surface area contributed by atoms with Crippen molar-refractivity contribution in [3.8, 4) is 5.75 Å². The Labute approximate surface area is 192 Å². The number of carbonyl (C=O) groups is 2. The van der Waals surface area contributed by atoms with Crippen LogP contribution in [0.25, 0.3) is 5.57 Å². The zero-order valence-corrected chi connectivity index (χ0v) is 18.9. The molecule has 0 aliphatic carbocycles. The van der Waals surface area contributed by atoms with E-state index in [2.05, 4.69) is 10.2 Å². The first-order valence-corrected chi connectivity index (χ1v) is 10.9. The normalized spacial score (nSPS) is 17.3. The van der Waals surface area contributed by atoms with E-state index in [1.807, 2.05) is 25.1 Å². The fraction of sp³-hybridized carbons (Fsp3) is 0.333. The molecule has 1 saturated heterocycles. The minimum Gasteiger partial charge on any atom is -0.496 e. The second-order valence-corrected chi connectivity index (χ2v) is 8.19. The number of hydrogen-bond acceptors (Lipinski definition) is 6. The molecule has 0 radical (unpaired) electrons. The van der Waals surface area contributed by atoms with E-state index in [-0.39, 0.29) is 17.5 Å². The molecule has 2 aromatic carbocycles. The molecule has 1 fully saturated rings. The van der Waals surface area contributed by atoms with Crippen molar-refractivity contribution in [2.75, 3.05) is 51.8 Å². The molecule has 0 bridgehead atoms. The lowest BCUT2D eigenvalue weighted by atomic mass is 10.0. The maximum absolute atomic E-state index is 13.5. The summed E-state index contributed by atoms with van der Waals surface area (Å²) < 4.78 is 10.9. The Kier molecular flexibility index (Phi) is 6.79. The van der Waals surface area contributed by atoms with Crippen LogP contribution in [0.3, 0.4) is 0 Å². The van der Waals surface area contributed by atoms with E-state index in [4.69, 9.17) is 21.1 Å². The fourth-order valence-electron chi connectivity index (χ4n) is 3.93. The molecule has 7 nitrogen and oxygen atoms in total. The van der Waals surface area contributed by atoms with Crippen LogP contribution < -0.4 is 10.1 Å². The van der Waals surface area contributed by atoms with Crippen molar-refractivity contribution < 1.29 is 19.1 Å². The van der Waals surface area contributed by atoms with Crippen molar-refractivity contribution in [2.45, 2.75) is 6.92 Å². The molecular weight excluding hydrogens is 430 g/mol. The maximum atomic E-state index is 13.5. The van der Waals surface area contributed by atoms with Gasteiger partial charge in [0, 0.05) is 42.5 Å². The van der Waals surface area contributed by atoms with Crippen LogP contribution in [0.15, 0.2) is 48.2 Å². The summed E-state index contributed by atoms with van der Waals surface area (Å²) in [6.07, 6.45) is 0. The number of amides is 2. The zero-order chi connectivity index (χ0) is 22.7. The lowest BCUT2D eigenvalue weighted by molar-refractivity contribution is -0.137. The van der Waals surface area contributed by atoms with Gasteiger partial charge in [-0.05, 0) is 30.7 Å². The van der Waals surface area contributed by atoms with Gasteiger partial charge in [-0.15, -0.1) is 0 Å². The van der Waals surface area contributed by atoms with E-state index in [1.165, 1.54) is 4.90 Å². The molecule has 1 N–H and O–H groups in total. The molecule has 0 spiro atoms. The van der Waals surface area contributed by atoms with Gasteiger partial charge in [0.2, 0.25) is 0 Å². The number of morpholine rings is 1. The third kappa shape index (κ3) is 4.50. The molecule has 0 atom stereocenters. The van der Waals surface area contributed by atoms with E-state index in [1.54, 1.807) is 31.4 Å². The second-order valence-electron chi connectivity index (χ2n) is 7.75. The summed E-state index contributed by atoms with van der Waals surface area (Å²) in [5.41, 5.74) is 2.69. The van der Waals surface area contributed by atoms with Gasteiger partial charge < -0.3 is 14.8 Å². The average Bonchev–Trinajstić information content (AvgIpc) is 3.04. The van der Waals surface area contributed by atoms with Gasteiger partial charge in [0.05, 0.1) is 25.9 Å². The Morgan fingerprint density at radius 1 is 1.06 bits per heavy atom. The van der Waals surface area contributed by atoms with Crippen molar-refractivity contribution in [3.05, 3.63) is 64.3 Å². The minimum absolute atomic E-state index is 0.229. The van der Waals surface area contributed by atoms with Crippen molar-refractivity contribution in [2.24, 2.45) is 0 Å². The summed E-state index contributed by atoms with van der Waals surface area (Å²) in [6.45, 7) is 5.71. The summed E-state index contributed by atoms with van der Waals surface area (Å²) in [5.74, 6) is -0.167. The van der Waals surface area contributed by atoms with E-state index in [9.17, 15) is 9.59 Å². The number of hydrogen-bond donors (Lipinski definition) is 1. The van der Waals surface area contributed by atoms with Crippen molar-refractivity contribution in [1.82, 2.24) is 9.80 Å². The Morgan fingerprint density at radius 3 is 2.56 bits per heavy atom. The number of methoxy groups -OCH3 is 1. The Hall–Kier alpha value is -2.87. The number of nitrogens with zero attached hydrogens (tertiary/aromatic N) is 2. The van der Waals surface area contributed by atoms with Gasteiger partial charge in [0.15, 0.2) is 0 Å². The summed E-state index contributed by atoms with van der Waals surface area (Å²) >= 11 is 6.18. The third-order valence-corrected chi connectivity index (χ3v) is 5.98. The lowest BCUT2D eigenvalue weighted by Crippen LogP contribution is -2.43. The van der Waals surface area contributed by atoms with Crippen LogP contribution in [0.4, 0.5) is 5.69 Å². The highest BCUT2D eigenvalue weighted by Crippen LogP contribution is 2.36. The quantitative estimate of drug-likeness (QED) is 0.646. The molecule has 2 aromatic rings. The fourth-order valence-corrected chi connectivity index (χ4v) is 4.10. The van der Waals surface area contributed by atoms with Crippen LogP contribution in [0.1, 0.15) is 11.1 Å². The number of ether oxygens (including phenoxy) is 2. The largest absolute Gasteiger partial charge is 0.496 e. The Morgan fingerprint density at radius 2 is 1.81 bits per heavy atom. The maximum Gasteiger partial charge on any atom is 0.278 e. The van der Waals surface area contributed by atoms with Crippen molar-refractivity contribution in [1.29, 1.82) is 0 Å². The molecule has 0 saturated carbocycles. The molecule has 2 aliphatic rings. The zero-order valence-electron chi connectivity index (χ0n) is 18.2. The molecule has 2 amide bonds. The van der Waals surface area contributed by atoms with Crippen LogP contribution in [0, 0.1) is 6.92 Å². The first kappa shape index (κ1) is 22.3. The predicted octanol–water partition coefficient (Wildman–Crippen LogP) is 3.18. The monoisotopic (exact) mass is 455 g/mol. The smallest absolute Gasteiger partial charge is 0.278 e. The van der Waals surface area contributed by atoms with Crippen LogP contribution in [-0.2, 0) is 14.3 Å². The number of anilines is 1. The van der Waals surface area contributed by atoms with E-state index in [0.29, 0.717) is 53.9 Å². The molecule has 2 heterocycles. The average molecular weight is 456 g/mol. The number of carbonyl (C=O) groups excluding carboxylic acids is 2. The SMILES string of the molecule is COc1ccccc1C1=C(Nc2cc(Cl)ccc2C)C(=O)N(CCN2CCOCC2)C1=O. The lowest BCUT2D eigenvalue weighted by Gasteiger charge is -2.28. The number of benzene rings is 2. The van der Waals surface area contributed by atoms with Crippen LogP contribution in [0.5, 0.6) is 5.75 Å². The summed E-state index contributed by atoms with van der Waals surface area (Å²) in [7, 11) is 1.55. The van der Waals surface area contributed by atoms with E-state index >= 15 is 0 Å². The molecule has 32 heavy (non-hydrogen) atoms. The van der Waals surface area contributed by atoms with Crippen LogP contribution >= 0.6 is 11.6 Å².